The van der Waals surface area contributed by atoms with Crippen LogP contribution >= 0.6 is 0 Å². The maximum atomic E-state index is 13.6. The summed E-state index contributed by atoms with van der Waals surface area (Å²) in [7, 11) is -2.17. The van der Waals surface area contributed by atoms with Crippen LogP contribution in [-0.2, 0) is 17.1 Å². The second kappa shape index (κ2) is 5.94. The first kappa shape index (κ1) is 16.8. The normalized spacial score (nSPS) is 14.6. The van der Waals surface area contributed by atoms with Gasteiger partial charge in [-0.2, -0.15) is 10.2 Å². The first-order chi connectivity index (χ1) is 12.4. The standard InChI is InChI=1S/C17H18FN5O2S/c1-10-14(9-19-23(10)2)26(24,25)22-17-15(11-6-7-11)20-21-16(17)12-4-3-5-13(18)8-12/h3-5,8-9,11,22H,6-7H2,1-2H3,(H,20,21). The number of aryl methyl sites for hydroxylation is 1. The predicted molar refractivity (Wildman–Crippen MR) is 94.7 cm³/mol. The van der Waals surface area contributed by atoms with E-state index in [1.165, 1.54) is 23.0 Å². The van der Waals surface area contributed by atoms with Gasteiger partial charge in [-0.05, 0) is 31.9 Å². The molecule has 2 N–H and O–H groups in total. The fraction of sp³-hybridized carbons (Fsp3) is 0.294. The second-order valence-corrected chi connectivity index (χ2v) is 8.12. The van der Waals surface area contributed by atoms with Gasteiger partial charge in [0.05, 0.1) is 23.3 Å². The summed E-state index contributed by atoms with van der Waals surface area (Å²) >= 11 is 0. The highest BCUT2D eigenvalue weighted by Gasteiger charge is 2.33. The van der Waals surface area contributed by atoms with Gasteiger partial charge in [0.15, 0.2) is 0 Å². The van der Waals surface area contributed by atoms with Crippen LogP contribution in [0.5, 0.6) is 0 Å². The van der Waals surface area contributed by atoms with Crippen molar-refractivity contribution in [2.24, 2.45) is 7.05 Å². The van der Waals surface area contributed by atoms with Gasteiger partial charge in [-0.25, -0.2) is 12.8 Å². The molecule has 0 amide bonds. The maximum Gasteiger partial charge on any atom is 0.265 e. The average Bonchev–Trinajstić information content (AvgIpc) is 3.26. The molecular weight excluding hydrogens is 357 g/mol. The molecule has 26 heavy (non-hydrogen) atoms. The van der Waals surface area contributed by atoms with Crippen molar-refractivity contribution in [3.8, 4) is 11.3 Å². The van der Waals surface area contributed by atoms with E-state index in [0.717, 1.165) is 18.5 Å². The number of nitrogens with one attached hydrogen (secondary N) is 2. The lowest BCUT2D eigenvalue weighted by Crippen LogP contribution is -2.15. The van der Waals surface area contributed by atoms with Gasteiger partial charge in [0, 0.05) is 18.5 Å². The van der Waals surface area contributed by atoms with Crippen LogP contribution in [0.4, 0.5) is 10.1 Å². The summed E-state index contributed by atoms with van der Waals surface area (Å²) in [6.45, 7) is 1.69. The van der Waals surface area contributed by atoms with Gasteiger partial charge in [0.1, 0.15) is 16.4 Å². The molecule has 1 saturated carbocycles. The molecule has 0 atom stereocenters. The van der Waals surface area contributed by atoms with Crippen molar-refractivity contribution in [3.05, 3.63) is 47.7 Å². The number of hydrogen-bond donors (Lipinski definition) is 2. The van der Waals surface area contributed by atoms with Crippen molar-refractivity contribution in [2.75, 3.05) is 4.72 Å². The van der Waals surface area contributed by atoms with E-state index in [-0.39, 0.29) is 10.8 Å². The quantitative estimate of drug-likeness (QED) is 0.717. The lowest BCUT2D eigenvalue weighted by atomic mass is 10.1. The van der Waals surface area contributed by atoms with Crippen LogP contribution in [0.3, 0.4) is 0 Å². The van der Waals surface area contributed by atoms with Crippen molar-refractivity contribution in [2.45, 2.75) is 30.6 Å². The van der Waals surface area contributed by atoms with Crippen LogP contribution in [0.2, 0.25) is 0 Å². The van der Waals surface area contributed by atoms with Crippen molar-refractivity contribution in [3.63, 3.8) is 0 Å². The zero-order valence-electron chi connectivity index (χ0n) is 14.3. The Morgan fingerprint density at radius 2 is 2.12 bits per heavy atom. The zero-order valence-corrected chi connectivity index (χ0v) is 15.1. The minimum Gasteiger partial charge on any atom is -0.279 e. The maximum absolute atomic E-state index is 13.6. The minimum atomic E-state index is -3.85. The summed E-state index contributed by atoms with van der Waals surface area (Å²) in [6.07, 6.45) is 3.24. The van der Waals surface area contributed by atoms with Gasteiger partial charge < -0.3 is 0 Å². The number of hydrogen-bond acceptors (Lipinski definition) is 4. The first-order valence-corrected chi connectivity index (χ1v) is 9.71. The number of rotatable bonds is 5. The molecule has 1 fully saturated rings. The molecule has 1 aliphatic carbocycles. The van der Waals surface area contributed by atoms with Crippen molar-refractivity contribution < 1.29 is 12.8 Å². The topological polar surface area (TPSA) is 92.7 Å². The number of anilines is 1. The molecule has 2 aromatic heterocycles. The van der Waals surface area contributed by atoms with Gasteiger partial charge in [0.2, 0.25) is 0 Å². The Bertz CT molecular complexity index is 1080. The van der Waals surface area contributed by atoms with E-state index in [1.54, 1.807) is 26.1 Å². The molecule has 0 unspecified atom stereocenters. The molecule has 0 bridgehead atoms. The number of nitrogens with zero attached hydrogens (tertiary/aromatic N) is 3. The SMILES string of the molecule is Cc1c(S(=O)(=O)Nc2c(-c3cccc(F)c3)n[nH]c2C2CC2)cnn1C. The van der Waals surface area contributed by atoms with Gasteiger partial charge in [-0.1, -0.05) is 12.1 Å². The summed E-state index contributed by atoms with van der Waals surface area (Å²) in [5.74, 6) is -0.173. The number of sulfonamides is 1. The number of H-pyrrole nitrogens is 1. The molecule has 3 aromatic rings. The Labute approximate surface area is 150 Å². The molecule has 1 aliphatic rings. The van der Waals surface area contributed by atoms with Crippen molar-refractivity contribution in [1.29, 1.82) is 0 Å². The van der Waals surface area contributed by atoms with E-state index in [2.05, 4.69) is 20.0 Å². The molecule has 1 aromatic carbocycles. The number of aromatic amines is 1. The van der Waals surface area contributed by atoms with Crippen LogP contribution in [0.25, 0.3) is 11.3 Å². The van der Waals surface area contributed by atoms with E-state index >= 15 is 0 Å². The summed E-state index contributed by atoms with van der Waals surface area (Å²) in [5.41, 5.74) is 2.53. The molecule has 0 saturated heterocycles. The van der Waals surface area contributed by atoms with Crippen LogP contribution in [0.1, 0.15) is 30.1 Å². The highest BCUT2D eigenvalue weighted by atomic mass is 32.2. The van der Waals surface area contributed by atoms with Crippen LogP contribution in [-0.4, -0.2) is 28.4 Å². The molecule has 0 aliphatic heterocycles. The monoisotopic (exact) mass is 375 g/mol. The Morgan fingerprint density at radius 3 is 2.73 bits per heavy atom. The third-order valence-electron chi connectivity index (χ3n) is 4.59. The molecular formula is C17H18FN5O2S. The highest BCUT2D eigenvalue weighted by Crippen LogP contribution is 2.45. The van der Waals surface area contributed by atoms with Gasteiger partial charge in [0.25, 0.3) is 10.0 Å². The molecule has 136 valence electrons. The van der Waals surface area contributed by atoms with Crippen LogP contribution < -0.4 is 4.72 Å². The van der Waals surface area contributed by atoms with E-state index in [0.29, 0.717) is 22.6 Å². The molecule has 2 heterocycles. The van der Waals surface area contributed by atoms with Crippen LogP contribution in [0.15, 0.2) is 35.4 Å². The van der Waals surface area contributed by atoms with E-state index in [9.17, 15) is 12.8 Å². The Balaban J connectivity index is 1.80. The van der Waals surface area contributed by atoms with Gasteiger partial charge in [-0.3, -0.25) is 14.5 Å². The smallest absolute Gasteiger partial charge is 0.265 e. The third kappa shape index (κ3) is 2.88. The number of halogens is 1. The first-order valence-electron chi connectivity index (χ1n) is 8.22. The van der Waals surface area contributed by atoms with Crippen molar-refractivity contribution in [1.82, 2.24) is 20.0 Å². The summed E-state index contributed by atoms with van der Waals surface area (Å²) in [6, 6.07) is 5.93. The molecule has 7 nitrogen and oxygen atoms in total. The largest absolute Gasteiger partial charge is 0.279 e. The molecule has 9 heteroatoms. The molecule has 0 spiro atoms. The van der Waals surface area contributed by atoms with Gasteiger partial charge >= 0.3 is 0 Å². The van der Waals surface area contributed by atoms with Gasteiger partial charge in [-0.15, -0.1) is 0 Å². The second-order valence-electron chi connectivity index (χ2n) is 6.47. The lowest BCUT2D eigenvalue weighted by molar-refractivity contribution is 0.600. The lowest BCUT2D eigenvalue weighted by Gasteiger charge is -2.10. The van der Waals surface area contributed by atoms with E-state index < -0.39 is 15.8 Å². The fourth-order valence-electron chi connectivity index (χ4n) is 2.90. The average molecular weight is 375 g/mol. The Kier molecular flexibility index (Phi) is 3.83. The summed E-state index contributed by atoms with van der Waals surface area (Å²) in [5, 5.41) is 11.2. The number of aromatic nitrogens is 4. The van der Waals surface area contributed by atoms with Crippen molar-refractivity contribution >= 4 is 15.7 Å². The Morgan fingerprint density at radius 1 is 1.35 bits per heavy atom. The number of benzene rings is 1. The summed E-state index contributed by atoms with van der Waals surface area (Å²) < 4.78 is 43.6. The zero-order chi connectivity index (χ0) is 18.5. The fourth-order valence-corrected chi connectivity index (χ4v) is 4.19. The minimum absolute atomic E-state index is 0.105. The molecule has 4 rings (SSSR count). The Hall–Kier alpha value is -2.68. The highest BCUT2D eigenvalue weighted by molar-refractivity contribution is 7.92. The third-order valence-corrected chi connectivity index (χ3v) is 6.05. The molecule has 0 radical (unpaired) electrons. The summed E-state index contributed by atoms with van der Waals surface area (Å²) in [4.78, 5) is 0.105. The van der Waals surface area contributed by atoms with E-state index in [4.69, 9.17) is 0 Å². The van der Waals surface area contributed by atoms with E-state index in [1.807, 2.05) is 0 Å². The predicted octanol–water partition coefficient (Wildman–Crippen LogP) is 2.94. The van der Waals surface area contributed by atoms with Crippen LogP contribution in [0, 0.1) is 12.7 Å².